The molecule has 0 spiro atoms. The Morgan fingerprint density at radius 3 is 1.54 bits per heavy atom. The summed E-state index contributed by atoms with van der Waals surface area (Å²) in [7, 11) is 0. The summed E-state index contributed by atoms with van der Waals surface area (Å²) < 4.78 is 0. The quantitative estimate of drug-likeness (QED) is 0.306. The van der Waals surface area contributed by atoms with E-state index in [9.17, 15) is 14.7 Å². The van der Waals surface area contributed by atoms with Crippen molar-refractivity contribution in [1.29, 1.82) is 0 Å². The Kier molecular flexibility index (Phi) is 14.0. The molecule has 0 aliphatic rings. The van der Waals surface area contributed by atoms with Crippen LogP contribution in [0.3, 0.4) is 0 Å². The van der Waals surface area contributed by atoms with Crippen LogP contribution in [0.25, 0.3) is 0 Å². The van der Waals surface area contributed by atoms with E-state index >= 15 is 0 Å². The van der Waals surface area contributed by atoms with Crippen LogP contribution in [-0.4, -0.2) is 16.9 Å². The molecule has 1 N–H and O–H groups in total. The minimum atomic E-state index is -0.881. The Bertz CT molecular complexity index is 338. The smallest absolute Gasteiger partial charge is 0.309 e. The van der Waals surface area contributed by atoms with Gasteiger partial charge in [-0.25, -0.2) is 0 Å². The molecule has 0 fully saturated rings. The summed E-state index contributed by atoms with van der Waals surface area (Å²) in [5.74, 6) is -0.748. The number of hydrogen-bond donors (Lipinski definition) is 1. The molecule has 0 aliphatic carbocycles. The van der Waals surface area contributed by atoms with Gasteiger partial charge in [0, 0.05) is 12.8 Å². The van der Waals surface area contributed by atoms with E-state index in [-0.39, 0.29) is 12.2 Å². The number of carbonyl (C=O) groups is 2. The van der Waals surface area contributed by atoms with E-state index in [4.69, 9.17) is 0 Å². The van der Waals surface area contributed by atoms with E-state index in [1.54, 1.807) is 6.92 Å². The van der Waals surface area contributed by atoms with Crippen molar-refractivity contribution >= 4 is 11.8 Å². The molecule has 0 saturated heterocycles. The molecule has 24 heavy (non-hydrogen) atoms. The van der Waals surface area contributed by atoms with Gasteiger partial charge in [0.1, 0.15) is 5.78 Å². The highest BCUT2D eigenvalue weighted by Gasteiger charge is 2.33. The molecule has 0 heterocycles. The van der Waals surface area contributed by atoms with Crippen LogP contribution in [0.15, 0.2) is 0 Å². The van der Waals surface area contributed by atoms with Gasteiger partial charge in [0.2, 0.25) is 0 Å². The fourth-order valence-corrected chi connectivity index (χ4v) is 3.04. The van der Waals surface area contributed by atoms with Gasteiger partial charge in [0.15, 0.2) is 0 Å². The molecule has 3 heteroatoms. The Labute approximate surface area is 149 Å². The van der Waals surface area contributed by atoms with Crippen molar-refractivity contribution in [3.8, 4) is 0 Å². The zero-order valence-electron chi connectivity index (χ0n) is 16.4. The molecule has 3 nitrogen and oxygen atoms in total. The molecule has 1 atom stereocenters. The lowest BCUT2D eigenvalue weighted by Gasteiger charge is -2.21. The van der Waals surface area contributed by atoms with Gasteiger partial charge in [-0.2, -0.15) is 0 Å². The monoisotopic (exact) mass is 340 g/mol. The maximum Gasteiger partial charge on any atom is 0.309 e. The maximum atomic E-state index is 11.9. The second-order valence-electron chi connectivity index (χ2n) is 7.57. The summed E-state index contributed by atoms with van der Waals surface area (Å²) in [5, 5.41) is 9.20. The van der Waals surface area contributed by atoms with Crippen molar-refractivity contribution in [1.82, 2.24) is 0 Å². The third-order valence-electron chi connectivity index (χ3n) is 5.19. The highest BCUT2D eigenvalue weighted by molar-refractivity contribution is 5.85. The lowest BCUT2D eigenvalue weighted by Crippen LogP contribution is -2.29. The van der Waals surface area contributed by atoms with Crippen molar-refractivity contribution in [2.75, 3.05) is 0 Å². The van der Waals surface area contributed by atoms with Crippen molar-refractivity contribution in [3.05, 3.63) is 0 Å². The number of carboxylic acid groups (broad SMARTS) is 1. The van der Waals surface area contributed by atoms with E-state index in [0.717, 1.165) is 12.8 Å². The summed E-state index contributed by atoms with van der Waals surface area (Å²) in [5.41, 5.74) is -0.881. The Hall–Kier alpha value is -0.860. The van der Waals surface area contributed by atoms with Crippen molar-refractivity contribution in [2.45, 2.75) is 117 Å². The van der Waals surface area contributed by atoms with Crippen LogP contribution in [0.4, 0.5) is 0 Å². The lowest BCUT2D eigenvalue weighted by atomic mass is 9.81. The summed E-state index contributed by atoms with van der Waals surface area (Å²) in [6.07, 6.45) is 16.6. The Balaban J connectivity index is 3.47. The average Bonchev–Trinajstić information content (AvgIpc) is 2.55. The number of carbonyl (C=O) groups excluding carboxylic acids is 1. The number of rotatable bonds is 17. The maximum absolute atomic E-state index is 11.9. The van der Waals surface area contributed by atoms with Gasteiger partial charge in [0.05, 0.1) is 5.41 Å². The third kappa shape index (κ3) is 11.6. The number of unbranched alkanes of at least 4 members (excludes halogenated alkanes) is 11. The van der Waals surface area contributed by atoms with Crippen LogP contribution in [0.5, 0.6) is 0 Å². The van der Waals surface area contributed by atoms with Gasteiger partial charge in [-0.1, -0.05) is 84.5 Å². The first-order chi connectivity index (χ1) is 11.5. The molecule has 0 aromatic heterocycles. The molecule has 0 radical (unpaired) electrons. The standard InChI is InChI=1S/C21H40O3/c1-4-6-7-8-9-10-11-12-13-14-15-16-17-19(22)18-21(3,5-2)20(23)24/h4-18H2,1-3H3,(H,23,24). The number of ketones is 1. The first-order valence-corrected chi connectivity index (χ1v) is 10.2. The highest BCUT2D eigenvalue weighted by atomic mass is 16.4. The molecular weight excluding hydrogens is 300 g/mol. The lowest BCUT2D eigenvalue weighted by molar-refractivity contribution is -0.150. The van der Waals surface area contributed by atoms with Crippen LogP contribution in [0.2, 0.25) is 0 Å². The van der Waals surface area contributed by atoms with Crippen LogP contribution in [-0.2, 0) is 9.59 Å². The first-order valence-electron chi connectivity index (χ1n) is 10.2. The fraction of sp³-hybridized carbons (Fsp3) is 0.905. The number of carboxylic acids is 1. The Morgan fingerprint density at radius 1 is 0.750 bits per heavy atom. The van der Waals surface area contributed by atoms with E-state index in [1.165, 1.54) is 64.2 Å². The van der Waals surface area contributed by atoms with Gasteiger partial charge in [0.25, 0.3) is 0 Å². The molecule has 1 unspecified atom stereocenters. The van der Waals surface area contributed by atoms with Crippen molar-refractivity contribution in [3.63, 3.8) is 0 Å². The Morgan fingerprint density at radius 2 is 1.17 bits per heavy atom. The van der Waals surface area contributed by atoms with Crippen LogP contribution >= 0.6 is 0 Å². The van der Waals surface area contributed by atoms with E-state index < -0.39 is 11.4 Å². The van der Waals surface area contributed by atoms with Crippen LogP contribution in [0, 0.1) is 5.41 Å². The van der Waals surface area contributed by atoms with E-state index in [0.29, 0.717) is 12.8 Å². The summed E-state index contributed by atoms with van der Waals surface area (Å²) in [6.45, 7) is 5.77. The molecule has 0 saturated carbocycles. The van der Waals surface area contributed by atoms with E-state index in [2.05, 4.69) is 6.92 Å². The topological polar surface area (TPSA) is 54.4 Å². The van der Waals surface area contributed by atoms with E-state index in [1.807, 2.05) is 6.92 Å². The molecule has 0 amide bonds. The molecule has 0 aliphatic heterocycles. The average molecular weight is 341 g/mol. The minimum Gasteiger partial charge on any atom is -0.481 e. The largest absolute Gasteiger partial charge is 0.481 e. The van der Waals surface area contributed by atoms with Gasteiger partial charge >= 0.3 is 5.97 Å². The van der Waals surface area contributed by atoms with Crippen LogP contribution in [0.1, 0.15) is 117 Å². The molecule has 0 aromatic carbocycles. The molecule has 0 bridgehead atoms. The summed E-state index contributed by atoms with van der Waals surface area (Å²) in [4.78, 5) is 23.2. The van der Waals surface area contributed by atoms with Gasteiger partial charge < -0.3 is 5.11 Å². The van der Waals surface area contributed by atoms with Crippen LogP contribution < -0.4 is 0 Å². The highest BCUT2D eigenvalue weighted by Crippen LogP contribution is 2.27. The van der Waals surface area contributed by atoms with Crippen molar-refractivity contribution < 1.29 is 14.7 Å². The van der Waals surface area contributed by atoms with Gasteiger partial charge in [-0.05, 0) is 19.8 Å². The predicted molar refractivity (Wildman–Crippen MR) is 101 cm³/mol. The molecule has 0 aromatic rings. The summed E-state index contributed by atoms with van der Waals surface area (Å²) in [6, 6.07) is 0. The number of Topliss-reactive ketones (excluding diaryl/α,β-unsaturated/α-hetero) is 1. The molecule has 142 valence electrons. The predicted octanol–water partition coefficient (Wildman–Crippen LogP) is 6.54. The number of hydrogen-bond acceptors (Lipinski definition) is 2. The molecular formula is C21H40O3. The fourth-order valence-electron chi connectivity index (χ4n) is 3.04. The second kappa shape index (κ2) is 14.5. The van der Waals surface area contributed by atoms with Crippen molar-refractivity contribution in [2.24, 2.45) is 5.41 Å². The minimum absolute atomic E-state index is 0.105. The number of aliphatic carboxylic acids is 1. The first kappa shape index (κ1) is 23.1. The normalized spacial score (nSPS) is 13.6. The van der Waals surface area contributed by atoms with Gasteiger partial charge in [-0.3, -0.25) is 9.59 Å². The third-order valence-corrected chi connectivity index (χ3v) is 5.19. The summed E-state index contributed by atoms with van der Waals surface area (Å²) >= 11 is 0. The molecule has 0 rings (SSSR count). The SMILES string of the molecule is CCCCCCCCCCCCCCC(=O)CC(C)(CC)C(=O)O. The second-order valence-corrected chi connectivity index (χ2v) is 7.57. The zero-order valence-corrected chi connectivity index (χ0v) is 16.4. The van der Waals surface area contributed by atoms with Gasteiger partial charge in [-0.15, -0.1) is 0 Å². The zero-order chi connectivity index (χ0) is 18.3.